The summed E-state index contributed by atoms with van der Waals surface area (Å²) in [5.41, 5.74) is 2.74. The summed E-state index contributed by atoms with van der Waals surface area (Å²) in [6, 6.07) is 15.9. The van der Waals surface area contributed by atoms with Crippen molar-refractivity contribution in [1.82, 2.24) is 0 Å². The number of ketones is 2. The fraction of sp³-hybridized carbons (Fsp3) is 0.517. The second-order valence-corrected chi connectivity index (χ2v) is 12.0. The highest BCUT2D eigenvalue weighted by molar-refractivity contribution is 6.01. The first-order valence-corrected chi connectivity index (χ1v) is 11.3. The number of hydrogen-bond donors (Lipinski definition) is 0. The molecule has 0 spiro atoms. The second-order valence-electron chi connectivity index (χ2n) is 12.0. The van der Waals surface area contributed by atoms with Gasteiger partial charge in [-0.05, 0) is 28.4 Å². The Morgan fingerprint density at radius 2 is 0.774 bits per heavy atom. The zero-order valence-corrected chi connectivity index (χ0v) is 21.1. The van der Waals surface area contributed by atoms with Crippen LogP contribution < -0.4 is 0 Å². The van der Waals surface area contributed by atoms with Crippen LogP contribution in [-0.4, -0.2) is 11.6 Å². The zero-order valence-electron chi connectivity index (χ0n) is 21.1. The van der Waals surface area contributed by atoms with Crippen LogP contribution in [0.1, 0.15) is 101 Å². The van der Waals surface area contributed by atoms with E-state index in [1.165, 1.54) is 0 Å². The fourth-order valence-electron chi connectivity index (χ4n) is 3.19. The van der Waals surface area contributed by atoms with Crippen LogP contribution in [0.5, 0.6) is 0 Å². The predicted molar refractivity (Wildman–Crippen MR) is 131 cm³/mol. The molecule has 0 bridgehead atoms. The predicted octanol–water partition coefficient (Wildman–Crippen LogP) is 7.79. The normalized spacial score (nSPS) is 13.2. The molecule has 0 aliphatic heterocycles. The van der Waals surface area contributed by atoms with E-state index in [0.717, 1.165) is 28.7 Å². The molecular weight excluding hydrogens is 380 g/mol. The number of hydrogen-bond acceptors (Lipinski definition) is 2. The number of carbonyl (C=O) groups excluding carboxylic acids is 2. The standard InChI is InChI=1S/C29H40O2/c1-26(2,3)28(7,8)24(30)22-15-11-20(12-16-22)19-21-13-17-23(18-14-21)25(31)29(9,10)27(4,5)6/h11-18H,19H2,1-10H3. The molecule has 0 amide bonds. The lowest BCUT2D eigenvalue weighted by molar-refractivity contribution is 0.0619. The van der Waals surface area contributed by atoms with Crippen LogP contribution in [0.3, 0.4) is 0 Å². The number of Topliss-reactive ketones (excluding diaryl/α,β-unsaturated/α-hetero) is 2. The van der Waals surface area contributed by atoms with Gasteiger partial charge in [0.15, 0.2) is 11.6 Å². The monoisotopic (exact) mass is 420 g/mol. The molecule has 2 rings (SSSR count). The Hall–Kier alpha value is -2.22. The van der Waals surface area contributed by atoms with E-state index in [1.54, 1.807) is 0 Å². The summed E-state index contributed by atoms with van der Waals surface area (Å²) in [7, 11) is 0. The smallest absolute Gasteiger partial charge is 0.168 e. The zero-order chi connectivity index (χ0) is 23.8. The van der Waals surface area contributed by atoms with Gasteiger partial charge in [0.05, 0.1) is 0 Å². The van der Waals surface area contributed by atoms with Crippen molar-refractivity contribution in [1.29, 1.82) is 0 Å². The van der Waals surface area contributed by atoms with E-state index < -0.39 is 10.8 Å². The van der Waals surface area contributed by atoms with E-state index in [4.69, 9.17) is 0 Å². The van der Waals surface area contributed by atoms with E-state index in [-0.39, 0.29) is 22.4 Å². The highest BCUT2D eigenvalue weighted by atomic mass is 16.1. The summed E-state index contributed by atoms with van der Waals surface area (Å²) < 4.78 is 0. The summed E-state index contributed by atoms with van der Waals surface area (Å²) in [4.78, 5) is 26.0. The molecule has 0 aliphatic carbocycles. The summed E-state index contributed by atoms with van der Waals surface area (Å²) in [6.07, 6.45) is 0.772. The van der Waals surface area contributed by atoms with Crippen molar-refractivity contribution >= 4 is 11.6 Å². The molecule has 2 heteroatoms. The molecule has 0 radical (unpaired) electrons. The average Bonchev–Trinajstić information content (AvgIpc) is 2.66. The molecule has 0 atom stereocenters. The van der Waals surface area contributed by atoms with Crippen LogP contribution in [0, 0.1) is 21.7 Å². The summed E-state index contributed by atoms with van der Waals surface area (Å²) >= 11 is 0. The van der Waals surface area contributed by atoms with Crippen LogP contribution >= 0.6 is 0 Å². The van der Waals surface area contributed by atoms with Crippen LogP contribution in [0.2, 0.25) is 0 Å². The van der Waals surface area contributed by atoms with Crippen molar-refractivity contribution in [2.45, 2.75) is 75.7 Å². The Kier molecular flexibility index (Phi) is 6.76. The summed E-state index contributed by atoms with van der Waals surface area (Å²) in [6.45, 7) is 20.7. The Labute approximate surface area is 189 Å². The van der Waals surface area contributed by atoms with Crippen LogP contribution in [-0.2, 0) is 6.42 Å². The first kappa shape index (κ1) is 25.0. The third kappa shape index (κ3) is 5.17. The van der Waals surface area contributed by atoms with Crippen molar-refractivity contribution in [2.24, 2.45) is 21.7 Å². The van der Waals surface area contributed by atoms with Crippen LogP contribution in [0.15, 0.2) is 48.5 Å². The van der Waals surface area contributed by atoms with Gasteiger partial charge in [0.2, 0.25) is 0 Å². The van der Waals surface area contributed by atoms with Gasteiger partial charge in [-0.25, -0.2) is 0 Å². The Balaban J connectivity index is 2.15. The lowest BCUT2D eigenvalue weighted by atomic mass is 9.65. The quantitative estimate of drug-likeness (QED) is 0.447. The van der Waals surface area contributed by atoms with Crippen molar-refractivity contribution in [3.05, 3.63) is 70.8 Å². The van der Waals surface area contributed by atoms with E-state index in [0.29, 0.717) is 0 Å². The maximum Gasteiger partial charge on any atom is 0.168 e. The molecule has 0 fully saturated rings. The molecule has 0 aliphatic rings. The molecular formula is C29H40O2. The van der Waals surface area contributed by atoms with Gasteiger partial charge in [0, 0.05) is 22.0 Å². The molecule has 2 aromatic carbocycles. The van der Waals surface area contributed by atoms with Crippen molar-refractivity contribution in [3.63, 3.8) is 0 Å². The van der Waals surface area contributed by atoms with Crippen molar-refractivity contribution in [2.75, 3.05) is 0 Å². The lowest BCUT2D eigenvalue weighted by Gasteiger charge is -2.37. The molecule has 0 heterocycles. The Morgan fingerprint density at radius 3 is 1.00 bits per heavy atom. The van der Waals surface area contributed by atoms with Gasteiger partial charge in [0.25, 0.3) is 0 Å². The Morgan fingerprint density at radius 1 is 0.516 bits per heavy atom. The van der Waals surface area contributed by atoms with Gasteiger partial charge in [-0.1, -0.05) is 118 Å². The highest BCUT2D eigenvalue weighted by Gasteiger charge is 2.40. The molecule has 0 saturated carbocycles. The number of rotatable bonds is 6. The topological polar surface area (TPSA) is 34.1 Å². The largest absolute Gasteiger partial charge is 0.294 e. The van der Waals surface area contributed by atoms with Gasteiger partial charge < -0.3 is 0 Å². The highest BCUT2D eigenvalue weighted by Crippen LogP contribution is 2.41. The van der Waals surface area contributed by atoms with E-state index >= 15 is 0 Å². The van der Waals surface area contributed by atoms with Crippen LogP contribution in [0.25, 0.3) is 0 Å². The third-order valence-corrected chi connectivity index (χ3v) is 7.73. The molecule has 168 valence electrons. The van der Waals surface area contributed by atoms with Gasteiger partial charge in [-0.15, -0.1) is 0 Å². The third-order valence-electron chi connectivity index (χ3n) is 7.73. The van der Waals surface area contributed by atoms with E-state index in [1.807, 2.05) is 76.2 Å². The second kappa shape index (κ2) is 8.37. The molecule has 2 nitrogen and oxygen atoms in total. The lowest BCUT2D eigenvalue weighted by Crippen LogP contribution is -2.37. The first-order valence-electron chi connectivity index (χ1n) is 11.3. The van der Waals surface area contributed by atoms with Crippen molar-refractivity contribution in [3.8, 4) is 0 Å². The number of benzene rings is 2. The average molecular weight is 421 g/mol. The SMILES string of the molecule is CC(C)(C)C(C)(C)C(=O)c1ccc(Cc2ccc(C(=O)C(C)(C)C(C)(C)C)cc2)cc1. The first-order chi connectivity index (χ1) is 14.0. The molecule has 0 unspecified atom stereocenters. The minimum atomic E-state index is -0.433. The fourth-order valence-corrected chi connectivity index (χ4v) is 3.19. The molecule has 2 aromatic rings. The molecule has 0 saturated heterocycles. The van der Waals surface area contributed by atoms with Crippen molar-refractivity contribution < 1.29 is 9.59 Å². The van der Waals surface area contributed by atoms with Gasteiger partial charge in [0.1, 0.15) is 0 Å². The van der Waals surface area contributed by atoms with Gasteiger partial charge in [-0.3, -0.25) is 9.59 Å². The van der Waals surface area contributed by atoms with E-state index in [9.17, 15) is 9.59 Å². The minimum absolute atomic E-state index is 0.108. The molecule has 0 N–H and O–H groups in total. The van der Waals surface area contributed by atoms with E-state index in [2.05, 4.69) is 41.5 Å². The minimum Gasteiger partial charge on any atom is -0.294 e. The Bertz CT molecular complexity index is 849. The molecule has 0 aromatic heterocycles. The molecule has 31 heavy (non-hydrogen) atoms. The maximum atomic E-state index is 13.0. The summed E-state index contributed by atoms with van der Waals surface area (Å²) in [5.74, 6) is 0.353. The van der Waals surface area contributed by atoms with Crippen LogP contribution in [0.4, 0.5) is 0 Å². The van der Waals surface area contributed by atoms with Gasteiger partial charge >= 0.3 is 0 Å². The summed E-state index contributed by atoms with van der Waals surface area (Å²) in [5, 5.41) is 0. The number of carbonyl (C=O) groups is 2. The van der Waals surface area contributed by atoms with Gasteiger partial charge in [-0.2, -0.15) is 0 Å². The maximum absolute atomic E-state index is 13.0.